The van der Waals surface area contributed by atoms with Gasteiger partial charge in [-0.25, -0.2) is 9.78 Å². The molecule has 164 valence electrons. The van der Waals surface area contributed by atoms with Crippen LogP contribution < -0.4 is 14.8 Å². The van der Waals surface area contributed by atoms with E-state index in [9.17, 15) is 9.59 Å². The zero-order valence-electron chi connectivity index (χ0n) is 18.6. The molecule has 0 radical (unpaired) electrons. The summed E-state index contributed by atoms with van der Waals surface area (Å²) in [6.07, 6.45) is 0. The molecule has 0 aliphatic carbocycles. The van der Waals surface area contributed by atoms with Gasteiger partial charge < -0.3 is 29.2 Å². The number of nitrogens with zero attached hydrogens (tertiary/aromatic N) is 4. The number of rotatable bonds is 6. The highest BCUT2D eigenvalue weighted by molar-refractivity contribution is 5.97. The van der Waals surface area contributed by atoms with Crippen LogP contribution in [0.25, 0.3) is 11.0 Å². The van der Waals surface area contributed by atoms with E-state index in [1.807, 2.05) is 17.7 Å². The second kappa shape index (κ2) is 8.95. The summed E-state index contributed by atoms with van der Waals surface area (Å²) in [6.45, 7) is 0.293. The average Bonchev–Trinajstić information content (AvgIpc) is 3.07. The van der Waals surface area contributed by atoms with E-state index in [0.717, 1.165) is 5.52 Å². The average molecular weight is 425 g/mol. The molecule has 0 unspecified atom stereocenters. The van der Waals surface area contributed by atoms with Gasteiger partial charge in [0.2, 0.25) is 0 Å². The van der Waals surface area contributed by atoms with E-state index < -0.39 is 0 Å². The standard InChI is InChI=1S/C22H27N5O4/c1-25(2)21(28)14-7-9-17-16(11-14)24-20(27(17)4)13-26(3)22(29)23-15-8-10-18(30-5)19(12-15)31-6/h7-12H,13H2,1-6H3,(H,23,29). The van der Waals surface area contributed by atoms with E-state index in [1.165, 1.54) is 9.80 Å². The number of nitrogens with one attached hydrogen (secondary N) is 1. The molecule has 0 spiro atoms. The van der Waals surface area contributed by atoms with Crippen LogP contribution in [0, 0.1) is 0 Å². The lowest BCUT2D eigenvalue weighted by Crippen LogP contribution is -2.31. The molecule has 31 heavy (non-hydrogen) atoms. The molecule has 1 aromatic heterocycles. The van der Waals surface area contributed by atoms with Gasteiger partial charge in [0.05, 0.1) is 31.8 Å². The first-order chi connectivity index (χ1) is 14.7. The fraction of sp³-hybridized carbons (Fsp3) is 0.318. The van der Waals surface area contributed by atoms with Gasteiger partial charge in [0, 0.05) is 45.5 Å². The van der Waals surface area contributed by atoms with Crippen LogP contribution >= 0.6 is 0 Å². The second-order valence-corrected chi connectivity index (χ2v) is 7.35. The fourth-order valence-corrected chi connectivity index (χ4v) is 3.20. The summed E-state index contributed by atoms with van der Waals surface area (Å²) in [7, 11) is 10.1. The number of ether oxygens (including phenoxy) is 2. The minimum absolute atomic E-state index is 0.0829. The number of methoxy groups -OCH3 is 2. The number of anilines is 1. The van der Waals surface area contributed by atoms with Crippen molar-refractivity contribution in [1.29, 1.82) is 0 Å². The molecule has 0 saturated heterocycles. The first kappa shape index (κ1) is 21.9. The van der Waals surface area contributed by atoms with Crippen molar-refractivity contribution in [2.45, 2.75) is 6.54 Å². The van der Waals surface area contributed by atoms with Crippen molar-refractivity contribution in [2.75, 3.05) is 40.7 Å². The van der Waals surface area contributed by atoms with E-state index in [1.54, 1.807) is 65.7 Å². The number of urea groups is 1. The predicted molar refractivity (Wildman–Crippen MR) is 119 cm³/mol. The quantitative estimate of drug-likeness (QED) is 0.656. The number of imidazole rings is 1. The molecule has 9 heteroatoms. The molecule has 3 aromatic rings. The van der Waals surface area contributed by atoms with Crippen LogP contribution in [0.2, 0.25) is 0 Å². The molecule has 1 N–H and O–H groups in total. The number of aryl methyl sites for hydroxylation is 1. The van der Waals surface area contributed by atoms with Crippen LogP contribution in [-0.4, -0.2) is 66.7 Å². The highest BCUT2D eigenvalue weighted by Gasteiger charge is 2.17. The molecule has 0 aliphatic heterocycles. The molecule has 3 rings (SSSR count). The monoisotopic (exact) mass is 425 g/mol. The van der Waals surface area contributed by atoms with Gasteiger partial charge in [0.15, 0.2) is 11.5 Å². The zero-order chi connectivity index (χ0) is 22.7. The van der Waals surface area contributed by atoms with Crippen LogP contribution in [0.15, 0.2) is 36.4 Å². The fourth-order valence-electron chi connectivity index (χ4n) is 3.20. The Bertz CT molecular complexity index is 1120. The summed E-state index contributed by atoms with van der Waals surface area (Å²) in [5.41, 5.74) is 2.76. The first-order valence-electron chi connectivity index (χ1n) is 9.66. The molecule has 0 atom stereocenters. The van der Waals surface area contributed by atoms with E-state index in [2.05, 4.69) is 10.3 Å². The Labute approximate surface area is 181 Å². The molecule has 0 fully saturated rings. The van der Waals surface area contributed by atoms with E-state index in [-0.39, 0.29) is 11.9 Å². The molecule has 0 bridgehead atoms. The molecule has 1 heterocycles. The van der Waals surface area contributed by atoms with Gasteiger partial charge in [-0.15, -0.1) is 0 Å². The number of amides is 3. The Hall–Kier alpha value is -3.75. The Kier molecular flexibility index (Phi) is 6.33. The van der Waals surface area contributed by atoms with Gasteiger partial charge in [-0.2, -0.15) is 0 Å². The van der Waals surface area contributed by atoms with Crippen LogP contribution in [0.5, 0.6) is 11.5 Å². The van der Waals surface area contributed by atoms with Crippen molar-refractivity contribution >= 4 is 28.7 Å². The maximum absolute atomic E-state index is 12.7. The van der Waals surface area contributed by atoms with Gasteiger partial charge in [0.1, 0.15) is 5.82 Å². The SMILES string of the molecule is COc1ccc(NC(=O)N(C)Cc2nc3cc(C(=O)N(C)C)ccc3n2C)cc1OC. The van der Waals surface area contributed by atoms with Crippen molar-refractivity contribution in [1.82, 2.24) is 19.4 Å². The van der Waals surface area contributed by atoms with Gasteiger partial charge in [-0.3, -0.25) is 4.79 Å². The number of hydrogen-bond acceptors (Lipinski definition) is 5. The topological polar surface area (TPSA) is 88.9 Å². The highest BCUT2D eigenvalue weighted by Crippen LogP contribution is 2.29. The third kappa shape index (κ3) is 4.55. The molecular weight excluding hydrogens is 398 g/mol. The third-order valence-corrected chi connectivity index (χ3v) is 4.99. The predicted octanol–water partition coefficient (Wildman–Crippen LogP) is 2.96. The lowest BCUT2D eigenvalue weighted by Gasteiger charge is -2.18. The van der Waals surface area contributed by atoms with Crippen molar-refractivity contribution in [3.05, 3.63) is 47.8 Å². The van der Waals surface area contributed by atoms with Gasteiger partial charge in [-0.1, -0.05) is 0 Å². The van der Waals surface area contributed by atoms with Crippen molar-refractivity contribution in [2.24, 2.45) is 7.05 Å². The molecule has 2 aromatic carbocycles. The molecule has 0 aliphatic rings. The minimum atomic E-state index is -0.289. The van der Waals surface area contributed by atoms with Crippen molar-refractivity contribution < 1.29 is 19.1 Å². The number of hydrogen-bond donors (Lipinski definition) is 1. The van der Waals surface area contributed by atoms with Gasteiger partial charge >= 0.3 is 6.03 Å². The summed E-state index contributed by atoms with van der Waals surface area (Å²) in [5, 5.41) is 2.84. The molecule has 3 amide bonds. The zero-order valence-corrected chi connectivity index (χ0v) is 18.6. The summed E-state index contributed by atoms with van der Waals surface area (Å²) in [4.78, 5) is 32.6. The summed E-state index contributed by atoms with van der Waals surface area (Å²) < 4.78 is 12.4. The van der Waals surface area contributed by atoms with Crippen LogP contribution in [-0.2, 0) is 13.6 Å². The van der Waals surface area contributed by atoms with Crippen molar-refractivity contribution in [3.63, 3.8) is 0 Å². The van der Waals surface area contributed by atoms with Gasteiger partial charge in [0.25, 0.3) is 5.91 Å². The molecule has 9 nitrogen and oxygen atoms in total. The van der Waals surface area contributed by atoms with E-state index in [0.29, 0.717) is 40.6 Å². The number of carbonyl (C=O) groups is 2. The van der Waals surface area contributed by atoms with E-state index >= 15 is 0 Å². The van der Waals surface area contributed by atoms with E-state index in [4.69, 9.17) is 9.47 Å². The number of benzene rings is 2. The second-order valence-electron chi connectivity index (χ2n) is 7.35. The maximum Gasteiger partial charge on any atom is 0.321 e. The minimum Gasteiger partial charge on any atom is -0.493 e. The maximum atomic E-state index is 12.7. The first-order valence-corrected chi connectivity index (χ1v) is 9.66. The van der Waals surface area contributed by atoms with Crippen LogP contribution in [0.4, 0.5) is 10.5 Å². The summed E-state index contributed by atoms with van der Waals surface area (Å²) in [6, 6.07) is 10.3. The lowest BCUT2D eigenvalue weighted by atomic mass is 10.2. The smallest absolute Gasteiger partial charge is 0.321 e. The third-order valence-electron chi connectivity index (χ3n) is 4.99. The normalized spacial score (nSPS) is 10.6. The molecular formula is C22H27N5O4. The summed E-state index contributed by atoms with van der Waals surface area (Å²) >= 11 is 0. The largest absolute Gasteiger partial charge is 0.493 e. The number of carbonyl (C=O) groups excluding carboxylic acids is 2. The lowest BCUT2D eigenvalue weighted by molar-refractivity contribution is 0.0827. The number of aromatic nitrogens is 2. The Morgan fingerprint density at radius 2 is 1.74 bits per heavy atom. The Morgan fingerprint density at radius 3 is 2.39 bits per heavy atom. The Morgan fingerprint density at radius 1 is 1.03 bits per heavy atom. The Balaban J connectivity index is 1.76. The summed E-state index contributed by atoms with van der Waals surface area (Å²) in [5.74, 6) is 1.73. The highest BCUT2D eigenvalue weighted by atomic mass is 16.5. The number of fused-ring (bicyclic) bond motifs is 1. The van der Waals surface area contributed by atoms with Crippen LogP contribution in [0.3, 0.4) is 0 Å². The molecule has 0 saturated carbocycles. The van der Waals surface area contributed by atoms with Crippen LogP contribution in [0.1, 0.15) is 16.2 Å². The van der Waals surface area contributed by atoms with Gasteiger partial charge in [-0.05, 0) is 30.3 Å². The van der Waals surface area contributed by atoms with Crippen molar-refractivity contribution in [3.8, 4) is 11.5 Å².